The lowest BCUT2D eigenvalue weighted by atomic mass is 10.0. The average Bonchev–Trinajstić information content (AvgIpc) is 2.81. The van der Waals surface area contributed by atoms with Gasteiger partial charge in [-0.3, -0.25) is 4.79 Å². The van der Waals surface area contributed by atoms with Crippen LogP contribution in [-0.2, 0) is 9.22 Å². The fraction of sp³-hybridized carbons (Fsp3) is 0.769. The summed E-state index contributed by atoms with van der Waals surface area (Å²) in [4.78, 5) is 11.7. The predicted octanol–water partition coefficient (Wildman–Crippen LogP) is 3.45. The molecule has 2 nitrogen and oxygen atoms in total. The lowest BCUT2D eigenvalue weighted by Gasteiger charge is -2.37. The standard InChI is InChI=1S/C13H21FO2Si/c1-12(2,3)17(4,5)16-8-13-7-9(13)6-10(14)11(13)15/h6,9H,7-8H2,1-5H3/t9-,13-/m0/s1. The second-order valence-corrected chi connectivity index (χ2v) is 11.7. The second-order valence-electron chi connectivity index (χ2n) is 6.86. The molecule has 1 fully saturated rings. The van der Waals surface area contributed by atoms with Gasteiger partial charge in [0.2, 0.25) is 0 Å². The Bertz CT molecular complexity index is 395. The Labute approximate surface area is 103 Å². The highest BCUT2D eigenvalue weighted by Gasteiger charge is 2.64. The first kappa shape index (κ1) is 13.0. The van der Waals surface area contributed by atoms with Crippen molar-refractivity contribution in [3.8, 4) is 0 Å². The molecule has 1 saturated carbocycles. The van der Waals surface area contributed by atoms with E-state index in [1.807, 2.05) is 0 Å². The normalized spacial score (nSPS) is 32.5. The van der Waals surface area contributed by atoms with Gasteiger partial charge in [0.1, 0.15) is 0 Å². The Balaban J connectivity index is 2.00. The number of Topliss-reactive ketones (excluding diaryl/α,β-unsaturated/α-hetero) is 1. The lowest BCUT2D eigenvalue weighted by Crippen LogP contribution is -2.43. The van der Waals surface area contributed by atoms with E-state index in [1.54, 1.807) is 0 Å². The number of fused-ring (bicyclic) bond motifs is 1. The first-order valence-electron chi connectivity index (χ1n) is 6.16. The molecule has 0 radical (unpaired) electrons. The molecule has 2 atom stereocenters. The van der Waals surface area contributed by atoms with Crippen LogP contribution in [-0.4, -0.2) is 20.7 Å². The van der Waals surface area contributed by atoms with Gasteiger partial charge in [-0.25, -0.2) is 4.39 Å². The van der Waals surface area contributed by atoms with Crippen molar-refractivity contribution in [1.82, 2.24) is 0 Å². The molecule has 0 amide bonds. The van der Waals surface area contributed by atoms with Crippen LogP contribution in [0.1, 0.15) is 27.2 Å². The van der Waals surface area contributed by atoms with Gasteiger partial charge < -0.3 is 4.43 Å². The smallest absolute Gasteiger partial charge is 0.199 e. The van der Waals surface area contributed by atoms with Gasteiger partial charge >= 0.3 is 0 Å². The molecule has 0 spiro atoms. The number of hydrogen-bond donors (Lipinski definition) is 0. The van der Waals surface area contributed by atoms with Crippen molar-refractivity contribution in [2.24, 2.45) is 11.3 Å². The molecule has 96 valence electrons. The highest BCUT2D eigenvalue weighted by molar-refractivity contribution is 6.74. The summed E-state index contributed by atoms with van der Waals surface area (Å²) in [6, 6.07) is 0. The molecule has 0 heterocycles. The minimum absolute atomic E-state index is 0.0970. The zero-order valence-corrected chi connectivity index (χ0v) is 12.3. The van der Waals surface area contributed by atoms with Crippen molar-refractivity contribution in [2.75, 3.05) is 6.61 Å². The van der Waals surface area contributed by atoms with Crippen LogP contribution in [0.2, 0.25) is 18.1 Å². The molecule has 0 unspecified atom stereocenters. The molecule has 0 N–H and O–H groups in total. The Hall–Kier alpha value is -0.483. The molecule has 0 saturated heterocycles. The SMILES string of the molecule is CC(C)(C)[Si](C)(C)OC[C@@]12C[C@@H]1C=C(F)C2=O. The number of carbonyl (C=O) groups is 1. The van der Waals surface area contributed by atoms with Crippen molar-refractivity contribution in [3.63, 3.8) is 0 Å². The largest absolute Gasteiger partial charge is 0.416 e. The molecule has 2 aliphatic rings. The van der Waals surface area contributed by atoms with Crippen molar-refractivity contribution in [1.29, 1.82) is 0 Å². The quantitative estimate of drug-likeness (QED) is 0.723. The van der Waals surface area contributed by atoms with E-state index >= 15 is 0 Å². The Morgan fingerprint density at radius 1 is 1.53 bits per heavy atom. The summed E-state index contributed by atoms with van der Waals surface area (Å²) in [5.41, 5.74) is -0.528. The maximum absolute atomic E-state index is 13.2. The van der Waals surface area contributed by atoms with Crippen LogP contribution < -0.4 is 0 Å². The summed E-state index contributed by atoms with van der Waals surface area (Å²) in [5.74, 6) is -0.791. The lowest BCUT2D eigenvalue weighted by molar-refractivity contribution is -0.122. The van der Waals surface area contributed by atoms with E-state index in [9.17, 15) is 9.18 Å². The fourth-order valence-corrected chi connectivity index (χ4v) is 3.11. The van der Waals surface area contributed by atoms with E-state index in [1.165, 1.54) is 6.08 Å². The summed E-state index contributed by atoms with van der Waals surface area (Å²) in [5, 5.41) is 0.127. The topological polar surface area (TPSA) is 26.3 Å². The number of allylic oxidation sites excluding steroid dienone is 2. The van der Waals surface area contributed by atoms with E-state index in [0.717, 1.165) is 6.42 Å². The zero-order chi connectivity index (χ0) is 13.1. The van der Waals surface area contributed by atoms with Gasteiger partial charge in [-0.05, 0) is 36.5 Å². The van der Waals surface area contributed by atoms with Gasteiger partial charge in [0, 0.05) is 6.61 Å². The molecule has 0 aromatic carbocycles. The first-order valence-corrected chi connectivity index (χ1v) is 9.07. The Morgan fingerprint density at radius 2 is 2.12 bits per heavy atom. The van der Waals surface area contributed by atoms with Gasteiger partial charge in [-0.2, -0.15) is 0 Å². The van der Waals surface area contributed by atoms with E-state index < -0.39 is 19.6 Å². The highest BCUT2D eigenvalue weighted by Crippen LogP contribution is 2.60. The number of hydrogen-bond acceptors (Lipinski definition) is 2. The third-order valence-corrected chi connectivity index (χ3v) is 9.13. The molecule has 2 rings (SSSR count). The maximum atomic E-state index is 13.2. The summed E-state index contributed by atoms with van der Waals surface area (Å²) in [7, 11) is -1.84. The summed E-state index contributed by atoms with van der Waals surface area (Å²) < 4.78 is 19.2. The summed E-state index contributed by atoms with van der Waals surface area (Å²) >= 11 is 0. The second kappa shape index (κ2) is 3.51. The van der Waals surface area contributed by atoms with Gasteiger partial charge in [0.05, 0.1) is 5.41 Å². The maximum Gasteiger partial charge on any atom is 0.199 e. The van der Waals surface area contributed by atoms with Crippen molar-refractivity contribution in [2.45, 2.75) is 45.3 Å². The molecule has 4 heteroatoms. The van der Waals surface area contributed by atoms with Crippen LogP contribution in [0, 0.1) is 11.3 Å². The van der Waals surface area contributed by atoms with Crippen LogP contribution in [0.3, 0.4) is 0 Å². The van der Waals surface area contributed by atoms with Crippen molar-refractivity contribution in [3.05, 3.63) is 11.9 Å². The van der Waals surface area contributed by atoms with Gasteiger partial charge in [0.15, 0.2) is 19.9 Å². The van der Waals surface area contributed by atoms with Crippen LogP contribution in [0.25, 0.3) is 0 Å². The van der Waals surface area contributed by atoms with Crippen LogP contribution in [0.15, 0.2) is 11.9 Å². The Morgan fingerprint density at radius 3 is 2.53 bits per heavy atom. The molecule has 0 aromatic rings. The molecular weight excluding hydrogens is 235 g/mol. The van der Waals surface area contributed by atoms with Crippen LogP contribution in [0.5, 0.6) is 0 Å². The average molecular weight is 256 g/mol. The third-order valence-electron chi connectivity index (χ3n) is 4.65. The highest BCUT2D eigenvalue weighted by atomic mass is 28.4. The number of carbonyl (C=O) groups excluding carboxylic acids is 1. The van der Waals surface area contributed by atoms with Gasteiger partial charge in [0.25, 0.3) is 0 Å². The van der Waals surface area contributed by atoms with E-state index in [4.69, 9.17) is 4.43 Å². The van der Waals surface area contributed by atoms with E-state index in [0.29, 0.717) is 6.61 Å². The predicted molar refractivity (Wildman–Crippen MR) is 67.9 cm³/mol. The Kier molecular flexibility index (Phi) is 2.68. The fourth-order valence-electron chi connectivity index (χ4n) is 2.06. The van der Waals surface area contributed by atoms with Crippen LogP contribution >= 0.6 is 0 Å². The van der Waals surface area contributed by atoms with Crippen molar-refractivity contribution >= 4 is 14.1 Å². The van der Waals surface area contributed by atoms with Crippen molar-refractivity contribution < 1.29 is 13.6 Å². The minimum Gasteiger partial charge on any atom is -0.416 e. The van der Waals surface area contributed by atoms with E-state index in [-0.39, 0.29) is 16.7 Å². The molecule has 0 aromatic heterocycles. The molecule has 2 aliphatic carbocycles. The number of ketones is 1. The number of halogens is 1. The van der Waals surface area contributed by atoms with Gasteiger partial charge in [-0.1, -0.05) is 20.8 Å². The molecule has 0 aliphatic heterocycles. The molecule has 17 heavy (non-hydrogen) atoms. The van der Waals surface area contributed by atoms with Gasteiger partial charge in [-0.15, -0.1) is 0 Å². The monoisotopic (exact) mass is 256 g/mol. The van der Waals surface area contributed by atoms with E-state index in [2.05, 4.69) is 33.9 Å². The minimum atomic E-state index is -1.84. The summed E-state index contributed by atoms with van der Waals surface area (Å²) in [6.45, 7) is 11.2. The van der Waals surface area contributed by atoms with Crippen LogP contribution in [0.4, 0.5) is 4.39 Å². The third kappa shape index (κ3) is 1.91. The molecular formula is C13H21FO2Si. The summed E-state index contributed by atoms with van der Waals surface area (Å²) in [6.07, 6.45) is 2.24. The first-order chi connectivity index (χ1) is 7.60. The molecule has 0 bridgehead atoms. The number of rotatable bonds is 3. The zero-order valence-electron chi connectivity index (χ0n) is 11.3.